The van der Waals surface area contributed by atoms with Gasteiger partial charge in [0.05, 0.1) is 5.56 Å². The average molecular weight is 373 g/mol. The van der Waals surface area contributed by atoms with E-state index < -0.39 is 25.0 Å². The van der Waals surface area contributed by atoms with E-state index in [0.717, 1.165) is 4.47 Å². The topological polar surface area (TPSA) is 49.3 Å². The maximum Gasteiger partial charge on any atom is 0.265 e. The Kier molecular flexibility index (Phi) is 5.48. The quantitative estimate of drug-likeness (QED) is 0.853. The minimum atomic E-state index is -2.87. The normalized spacial score (nSPS) is 12.6. The summed E-state index contributed by atoms with van der Waals surface area (Å²) in [4.78, 5) is 11.6. The minimum Gasteiger partial charge on any atom is -0.385 e. The Balaban J connectivity index is 2.64. The molecule has 0 aliphatic heterocycles. The molecule has 2 N–H and O–H groups in total. The van der Waals surface area contributed by atoms with Crippen LogP contribution in [0.3, 0.4) is 0 Å². The Labute approximate surface area is 113 Å². The predicted octanol–water partition coefficient (Wildman–Crippen LogP) is 2.57. The van der Waals surface area contributed by atoms with Crippen molar-refractivity contribution in [1.82, 2.24) is 5.32 Å². The highest BCUT2D eigenvalue weighted by Gasteiger charge is 2.18. The van der Waals surface area contributed by atoms with Crippen molar-refractivity contribution in [1.29, 1.82) is 0 Å². The molecule has 1 rings (SSSR count). The van der Waals surface area contributed by atoms with Crippen molar-refractivity contribution >= 4 is 37.8 Å². The first kappa shape index (κ1) is 14.5. The van der Waals surface area contributed by atoms with Gasteiger partial charge in [0.2, 0.25) is 0 Å². The van der Waals surface area contributed by atoms with Crippen molar-refractivity contribution in [3.8, 4) is 0 Å². The molecule has 1 aromatic carbocycles. The first-order chi connectivity index (χ1) is 7.91. The van der Waals surface area contributed by atoms with Crippen LogP contribution in [0.2, 0.25) is 0 Å². The minimum absolute atomic E-state index is 0.315. The summed E-state index contributed by atoms with van der Waals surface area (Å²) in [7, 11) is 0. The molecule has 3 nitrogen and oxygen atoms in total. The molecule has 0 bridgehead atoms. The van der Waals surface area contributed by atoms with E-state index in [4.69, 9.17) is 5.11 Å². The number of hydrogen-bond donors (Lipinski definition) is 2. The maximum atomic E-state index is 12.0. The van der Waals surface area contributed by atoms with E-state index in [2.05, 4.69) is 37.2 Å². The van der Waals surface area contributed by atoms with Crippen LogP contribution < -0.4 is 5.32 Å². The highest BCUT2D eigenvalue weighted by Crippen LogP contribution is 2.21. The van der Waals surface area contributed by atoms with Gasteiger partial charge in [-0.25, -0.2) is 8.78 Å². The molecule has 0 fully saturated rings. The Hall–Kier alpha value is -0.530. The van der Waals surface area contributed by atoms with Crippen LogP contribution in [0.25, 0.3) is 0 Å². The van der Waals surface area contributed by atoms with E-state index in [1.54, 1.807) is 12.1 Å². The number of rotatable bonds is 4. The van der Waals surface area contributed by atoms with Gasteiger partial charge in [-0.1, -0.05) is 15.9 Å². The summed E-state index contributed by atoms with van der Waals surface area (Å²) in [6.07, 6.45) is -4.73. The average Bonchev–Trinajstić information content (AvgIpc) is 2.25. The third-order valence-electron chi connectivity index (χ3n) is 1.94. The van der Waals surface area contributed by atoms with Crippen LogP contribution in [0.15, 0.2) is 27.1 Å². The van der Waals surface area contributed by atoms with Crippen LogP contribution in [0.1, 0.15) is 10.4 Å². The summed E-state index contributed by atoms with van der Waals surface area (Å²) in [5.74, 6) is -0.524. The van der Waals surface area contributed by atoms with Gasteiger partial charge in [-0.3, -0.25) is 4.79 Å². The van der Waals surface area contributed by atoms with E-state index >= 15 is 0 Å². The lowest BCUT2D eigenvalue weighted by Gasteiger charge is -2.11. The molecule has 0 aliphatic carbocycles. The largest absolute Gasteiger partial charge is 0.385 e. The lowest BCUT2D eigenvalue weighted by molar-refractivity contribution is -0.00270. The standard InChI is InChI=1S/C10H9Br2F2NO2/c11-5-1-2-6(7(12)3-5)10(17)15-4-8(16)9(13)14/h1-3,8-9,16H,4H2,(H,15,17). The van der Waals surface area contributed by atoms with E-state index in [1.807, 2.05) is 0 Å². The second-order valence-electron chi connectivity index (χ2n) is 3.24. The number of carbonyl (C=O) groups is 1. The molecule has 0 radical (unpaired) electrons. The van der Waals surface area contributed by atoms with Crippen LogP contribution in [-0.2, 0) is 0 Å². The van der Waals surface area contributed by atoms with E-state index in [-0.39, 0.29) is 0 Å². The summed E-state index contributed by atoms with van der Waals surface area (Å²) in [5, 5.41) is 11.1. The van der Waals surface area contributed by atoms with Crippen LogP contribution in [0.4, 0.5) is 8.78 Å². The van der Waals surface area contributed by atoms with Crippen LogP contribution in [0.5, 0.6) is 0 Å². The molecule has 0 heterocycles. The first-order valence-corrected chi connectivity index (χ1v) is 6.20. The lowest BCUT2D eigenvalue weighted by Crippen LogP contribution is -2.35. The number of alkyl halides is 2. The van der Waals surface area contributed by atoms with Crippen molar-refractivity contribution in [2.75, 3.05) is 6.54 Å². The van der Waals surface area contributed by atoms with Crippen molar-refractivity contribution in [2.45, 2.75) is 12.5 Å². The number of nitrogens with one attached hydrogen (secondary N) is 1. The van der Waals surface area contributed by atoms with Gasteiger partial charge in [0.25, 0.3) is 12.3 Å². The van der Waals surface area contributed by atoms with Crippen molar-refractivity contribution < 1.29 is 18.7 Å². The molecular weight excluding hydrogens is 364 g/mol. The monoisotopic (exact) mass is 371 g/mol. The Morgan fingerprint density at radius 3 is 2.59 bits per heavy atom. The number of aliphatic hydroxyl groups is 1. The highest BCUT2D eigenvalue weighted by molar-refractivity contribution is 9.11. The zero-order valence-electron chi connectivity index (χ0n) is 8.46. The molecule has 1 aromatic rings. The fourth-order valence-electron chi connectivity index (χ4n) is 1.06. The number of benzene rings is 1. The van der Waals surface area contributed by atoms with Crippen molar-refractivity contribution in [3.63, 3.8) is 0 Å². The van der Waals surface area contributed by atoms with Gasteiger partial charge in [-0.2, -0.15) is 0 Å². The molecule has 7 heteroatoms. The fourth-order valence-corrected chi connectivity index (χ4v) is 2.28. The van der Waals surface area contributed by atoms with Crippen molar-refractivity contribution in [3.05, 3.63) is 32.7 Å². The van der Waals surface area contributed by atoms with Gasteiger partial charge in [-0.15, -0.1) is 0 Å². The smallest absolute Gasteiger partial charge is 0.265 e. The van der Waals surface area contributed by atoms with Crippen LogP contribution >= 0.6 is 31.9 Å². The summed E-state index contributed by atoms with van der Waals surface area (Å²) in [6, 6.07) is 4.86. The van der Waals surface area contributed by atoms with Gasteiger partial charge in [-0.05, 0) is 34.1 Å². The molecular formula is C10H9Br2F2NO2. The predicted molar refractivity (Wildman–Crippen MR) is 66.2 cm³/mol. The molecule has 1 unspecified atom stereocenters. The van der Waals surface area contributed by atoms with Gasteiger partial charge in [0.15, 0.2) is 0 Å². The SMILES string of the molecule is O=C(NCC(O)C(F)F)c1ccc(Br)cc1Br. The second-order valence-corrected chi connectivity index (χ2v) is 5.01. The number of aliphatic hydroxyl groups excluding tert-OH is 1. The second kappa shape index (κ2) is 6.42. The lowest BCUT2D eigenvalue weighted by atomic mass is 10.2. The number of halogens is 4. The zero-order valence-corrected chi connectivity index (χ0v) is 11.6. The summed E-state index contributed by atoms with van der Waals surface area (Å²) >= 11 is 6.41. The molecule has 0 spiro atoms. The summed E-state index contributed by atoms with van der Waals surface area (Å²) in [6.45, 7) is -0.487. The molecule has 17 heavy (non-hydrogen) atoms. The molecule has 94 valence electrons. The van der Waals surface area contributed by atoms with Gasteiger partial charge >= 0.3 is 0 Å². The van der Waals surface area contributed by atoms with E-state index in [0.29, 0.717) is 10.0 Å². The number of amides is 1. The third kappa shape index (κ3) is 4.33. The summed E-state index contributed by atoms with van der Waals surface area (Å²) < 4.78 is 25.3. The van der Waals surface area contributed by atoms with Gasteiger partial charge in [0.1, 0.15) is 6.10 Å². The van der Waals surface area contributed by atoms with Crippen LogP contribution in [-0.4, -0.2) is 30.1 Å². The maximum absolute atomic E-state index is 12.0. The van der Waals surface area contributed by atoms with Gasteiger partial charge < -0.3 is 10.4 Å². The van der Waals surface area contributed by atoms with E-state index in [1.165, 1.54) is 6.07 Å². The first-order valence-electron chi connectivity index (χ1n) is 4.61. The molecule has 1 atom stereocenters. The number of hydrogen-bond acceptors (Lipinski definition) is 2. The zero-order chi connectivity index (χ0) is 13.0. The Morgan fingerprint density at radius 1 is 1.41 bits per heavy atom. The molecule has 1 amide bonds. The molecule has 0 saturated carbocycles. The Bertz CT molecular complexity index is 415. The third-order valence-corrected chi connectivity index (χ3v) is 3.09. The van der Waals surface area contributed by atoms with Gasteiger partial charge in [0, 0.05) is 15.5 Å². The highest BCUT2D eigenvalue weighted by atomic mass is 79.9. The number of carbonyl (C=O) groups excluding carboxylic acids is 1. The molecule has 0 aliphatic rings. The molecule has 0 aromatic heterocycles. The Morgan fingerprint density at radius 2 is 2.06 bits per heavy atom. The fraction of sp³-hybridized carbons (Fsp3) is 0.300. The van der Waals surface area contributed by atoms with Crippen LogP contribution in [0, 0.1) is 0 Å². The van der Waals surface area contributed by atoms with Crippen molar-refractivity contribution in [2.24, 2.45) is 0 Å². The molecule has 0 saturated heterocycles. The van der Waals surface area contributed by atoms with E-state index in [9.17, 15) is 13.6 Å². The summed E-state index contributed by atoms with van der Waals surface area (Å²) in [5.41, 5.74) is 0.315.